The fourth-order valence-corrected chi connectivity index (χ4v) is 2.82. The maximum Gasteiger partial charge on any atom is 1.00 e. The van der Waals surface area contributed by atoms with E-state index in [9.17, 15) is 18.9 Å². The summed E-state index contributed by atoms with van der Waals surface area (Å²) >= 11 is 0. The molecule has 25 heavy (non-hydrogen) atoms. The molecule has 1 N–H and O–H groups in total. The van der Waals surface area contributed by atoms with E-state index in [0.29, 0.717) is 10.6 Å². The van der Waals surface area contributed by atoms with E-state index in [1.54, 1.807) is 30.5 Å². The van der Waals surface area contributed by atoms with Gasteiger partial charge >= 0.3 is 29.6 Å². The number of carboxylic acid groups (broad SMARTS) is 1. The summed E-state index contributed by atoms with van der Waals surface area (Å²) < 4.78 is 11.3. The van der Waals surface area contributed by atoms with Crippen molar-refractivity contribution in [2.24, 2.45) is 5.92 Å². The Kier molecular flexibility index (Phi) is 9.06. The van der Waals surface area contributed by atoms with Crippen LogP contribution in [0, 0.1) is 5.92 Å². The summed E-state index contributed by atoms with van der Waals surface area (Å²) in [6.45, 7) is 0. The van der Waals surface area contributed by atoms with Crippen molar-refractivity contribution in [3.63, 3.8) is 0 Å². The van der Waals surface area contributed by atoms with Crippen LogP contribution in [0.5, 0.6) is 0 Å². The molecule has 0 heterocycles. The first-order valence-corrected chi connectivity index (χ1v) is 8.99. The van der Waals surface area contributed by atoms with Crippen LogP contribution >= 0.6 is 0 Å². The van der Waals surface area contributed by atoms with Crippen LogP contribution in [0.3, 0.4) is 0 Å². The Morgan fingerprint density at radius 2 is 1.68 bits per heavy atom. The van der Waals surface area contributed by atoms with Gasteiger partial charge in [0.05, 0.1) is 0 Å². The van der Waals surface area contributed by atoms with E-state index < -0.39 is 28.6 Å². The van der Waals surface area contributed by atoms with Gasteiger partial charge in [-0.05, 0) is 36.2 Å². The first kappa shape index (κ1) is 21.6. The molecule has 1 amide bonds. The Bertz CT molecular complexity index is 735. The largest absolute Gasteiger partial charge is 1.00 e. The van der Waals surface area contributed by atoms with Gasteiger partial charge in [-0.2, -0.15) is 0 Å². The molecule has 0 aromatic heterocycles. The Morgan fingerprint density at radius 3 is 2.20 bits per heavy atom. The van der Waals surface area contributed by atoms with E-state index in [2.05, 4.69) is 5.32 Å². The molecule has 126 valence electrons. The van der Waals surface area contributed by atoms with Gasteiger partial charge in [-0.25, -0.2) is 0 Å². The van der Waals surface area contributed by atoms with E-state index in [1.165, 1.54) is 0 Å². The SMILES string of the molecule is CS(=O)c1ccc(NC(=O)CC(Cc2ccccc2)C(=O)[O-])cc1.[Na+]. The number of benzene rings is 2. The van der Waals surface area contributed by atoms with Gasteiger partial charge in [-0.3, -0.25) is 9.00 Å². The fraction of sp³-hybridized carbons (Fsp3) is 0.222. The normalized spacial score (nSPS) is 12.5. The third-order valence-electron chi connectivity index (χ3n) is 3.56. The zero-order valence-electron chi connectivity index (χ0n) is 14.2. The van der Waals surface area contributed by atoms with Gasteiger partial charge in [-0.15, -0.1) is 0 Å². The van der Waals surface area contributed by atoms with Gasteiger partial charge in [0, 0.05) is 45.9 Å². The van der Waals surface area contributed by atoms with Crippen LogP contribution in [-0.2, 0) is 26.8 Å². The number of nitrogens with one attached hydrogen (secondary N) is 1. The zero-order valence-corrected chi connectivity index (χ0v) is 17.0. The predicted molar refractivity (Wildman–Crippen MR) is 90.7 cm³/mol. The number of aliphatic carboxylic acids is 1. The minimum absolute atomic E-state index is 0. The molecule has 0 aliphatic rings. The summed E-state index contributed by atoms with van der Waals surface area (Å²) in [7, 11) is -1.09. The Hall–Kier alpha value is -1.47. The maximum absolute atomic E-state index is 12.1. The van der Waals surface area contributed by atoms with E-state index in [-0.39, 0.29) is 42.4 Å². The predicted octanol–water partition coefficient (Wildman–Crippen LogP) is -1.63. The van der Waals surface area contributed by atoms with Crippen LogP contribution in [-0.4, -0.2) is 22.3 Å². The molecule has 2 aromatic rings. The fourth-order valence-electron chi connectivity index (χ4n) is 2.30. The molecular formula is C18H18NNaO4S. The molecule has 0 saturated heterocycles. The topological polar surface area (TPSA) is 86.3 Å². The standard InChI is InChI=1S/C18H19NO4S.Na/c1-24(23)16-9-7-15(8-10-16)19-17(20)12-14(18(21)22)11-13-5-3-2-4-6-13;/h2-10,14H,11-12H2,1H3,(H,19,20)(H,21,22);/q;+1/p-1. The average Bonchev–Trinajstić information content (AvgIpc) is 2.55. The molecule has 2 atom stereocenters. The second kappa shape index (κ2) is 10.5. The molecule has 5 nitrogen and oxygen atoms in total. The number of carboxylic acids is 1. The molecule has 2 rings (SSSR count). The monoisotopic (exact) mass is 367 g/mol. The summed E-state index contributed by atoms with van der Waals surface area (Å²) in [5.74, 6) is -2.54. The number of carbonyl (C=O) groups excluding carboxylic acids is 2. The quantitative estimate of drug-likeness (QED) is 0.595. The van der Waals surface area contributed by atoms with Crippen LogP contribution in [0.15, 0.2) is 59.5 Å². The second-order valence-electron chi connectivity index (χ2n) is 5.44. The zero-order chi connectivity index (χ0) is 17.5. The second-order valence-corrected chi connectivity index (χ2v) is 6.82. The van der Waals surface area contributed by atoms with E-state index >= 15 is 0 Å². The molecule has 0 aliphatic heterocycles. The summed E-state index contributed by atoms with van der Waals surface area (Å²) in [5, 5.41) is 13.9. The van der Waals surface area contributed by atoms with E-state index in [0.717, 1.165) is 5.56 Å². The number of carbonyl (C=O) groups is 2. The van der Waals surface area contributed by atoms with Crippen LogP contribution in [0.4, 0.5) is 5.69 Å². The summed E-state index contributed by atoms with van der Waals surface area (Å²) in [4.78, 5) is 24.0. The number of hydrogen-bond donors (Lipinski definition) is 1. The van der Waals surface area contributed by atoms with E-state index in [1.807, 2.05) is 30.3 Å². The van der Waals surface area contributed by atoms with Crippen LogP contribution in [0.2, 0.25) is 0 Å². The first-order valence-electron chi connectivity index (χ1n) is 7.44. The van der Waals surface area contributed by atoms with Gasteiger partial charge in [0.1, 0.15) is 0 Å². The maximum atomic E-state index is 12.1. The molecule has 7 heteroatoms. The number of rotatable bonds is 7. The average molecular weight is 367 g/mol. The number of anilines is 1. The van der Waals surface area contributed by atoms with Gasteiger partial charge in [-0.1, -0.05) is 30.3 Å². The molecule has 0 bridgehead atoms. The first-order chi connectivity index (χ1) is 11.5. The minimum atomic E-state index is -1.24. The minimum Gasteiger partial charge on any atom is -0.550 e. The number of hydrogen-bond acceptors (Lipinski definition) is 4. The molecule has 0 radical (unpaired) electrons. The number of amides is 1. The Balaban J connectivity index is 0.00000312. The molecule has 2 aromatic carbocycles. The molecule has 2 unspecified atom stereocenters. The van der Waals surface area contributed by atoms with Crippen molar-refractivity contribution < 1.29 is 48.5 Å². The summed E-state index contributed by atoms with van der Waals surface area (Å²) in [5.41, 5.74) is 1.38. The summed E-state index contributed by atoms with van der Waals surface area (Å²) in [6.07, 6.45) is 1.64. The van der Waals surface area contributed by atoms with Crippen LogP contribution in [0.25, 0.3) is 0 Å². The molecule has 0 aliphatic carbocycles. The van der Waals surface area contributed by atoms with Crippen LogP contribution in [0.1, 0.15) is 12.0 Å². The van der Waals surface area contributed by atoms with Crippen molar-refractivity contribution >= 4 is 28.4 Å². The molecule has 0 spiro atoms. The van der Waals surface area contributed by atoms with Crippen molar-refractivity contribution in [1.29, 1.82) is 0 Å². The van der Waals surface area contributed by atoms with E-state index in [4.69, 9.17) is 0 Å². The van der Waals surface area contributed by atoms with Crippen molar-refractivity contribution in [3.8, 4) is 0 Å². The van der Waals surface area contributed by atoms with Gasteiger partial charge in [0.15, 0.2) is 0 Å². The van der Waals surface area contributed by atoms with Crippen molar-refractivity contribution in [3.05, 3.63) is 60.2 Å². The Labute approximate surface area is 171 Å². The van der Waals surface area contributed by atoms with Crippen LogP contribution < -0.4 is 40.0 Å². The van der Waals surface area contributed by atoms with Crippen molar-refractivity contribution in [2.75, 3.05) is 11.6 Å². The third kappa shape index (κ3) is 7.12. The Morgan fingerprint density at radius 1 is 1.08 bits per heavy atom. The molecule has 0 fully saturated rings. The smallest absolute Gasteiger partial charge is 0.550 e. The third-order valence-corrected chi connectivity index (χ3v) is 4.50. The van der Waals surface area contributed by atoms with Crippen molar-refractivity contribution in [2.45, 2.75) is 17.7 Å². The van der Waals surface area contributed by atoms with Crippen molar-refractivity contribution in [1.82, 2.24) is 0 Å². The summed E-state index contributed by atoms with van der Waals surface area (Å²) in [6, 6.07) is 15.7. The molecular weight excluding hydrogens is 349 g/mol. The van der Waals surface area contributed by atoms with Gasteiger partial charge in [0.25, 0.3) is 0 Å². The van der Waals surface area contributed by atoms with Gasteiger partial charge in [0.2, 0.25) is 5.91 Å². The molecule has 0 saturated carbocycles. The van der Waals surface area contributed by atoms with Gasteiger partial charge < -0.3 is 15.2 Å².